The molecule has 0 aromatic heterocycles. The van der Waals surface area contributed by atoms with Crippen LogP contribution in [0.4, 0.5) is 5.69 Å². The molecule has 0 aliphatic carbocycles. The standard InChI is InChI=1S/C22H26N2O5/c1-27-17-10-11-20(28-2)18(13-17)19-5-4-12-24(19)14-21(25)23-16-8-6-15(7-9-16)22(26)29-3/h6-11,13,19H,4-5,12,14H2,1-3H3,(H,23,25)/t19-/m0/s1. The lowest BCUT2D eigenvalue weighted by Crippen LogP contribution is -2.33. The molecule has 3 rings (SSSR count). The minimum absolute atomic E-state index is 0.0903. The molecular formula is C22H26N2O5. The van der Waals surface area contributed by atoms with E-state index in [1.807, 2.05) is 18.2 Å². The number of benzene rings is 2. The van der Waals surface area contributed by atoms with Crippen LogP contribution in [0.15, 0.2) is 42.5 Å². The van der Waals surface area contributed by atoms with Gasteiger partial charge in [0.25, 0.3) is 0 Å². The van der Waals surface area contributed by atoms with Crippen LogP contribution in [0.1, 0.15) is 34.8 Å². The van der Waals surface area contributed by atoms with Crippen LogP contribution >= 0.6 is 0 Å². The zero-order valence-electron chi connectivity index (χ0n) is 16.9. The molecule has 0 unspecified atom stereocenters. The summed E-state index contributed by atoms with van der Waals surface area (Å²) in [6.45, 7) is 1.10. The molecule has 0 saturated carbocycles. The van der Waals surface area contributed by atoms with Crippen LogP contribution in [0.3, 0.4) is 0 Å². The van der Waals surface area contributed by atoms with Gasteiger partial charge in [-0.05, 0) is 61.9 Å². The van der Waals surface area contributed by atoms with Crippen LogP contribution in [0.5, 0.6) is 11.5 Å². The van der Waals surface area contributed by atoms with E-state index >= 15 is 0 Å². The van der Waals surface area contributed by atoms with Gasteiger partial charge in [0.1, 0.15) is 11.5 Å². The highest BCUT2D eigenvalue weighted by atomic mass is 16.5. The summed E-state index contributed by atoms with van der Waals surface area (Å²) >= 11 is 0. The highest BCUT2D eigenvalue weighted by Gasteiger charge is 2.30. The first-order valence-corrected chi connectivity index (χ1v) is 9.50. The number of ether oxygens (including phenoxy) is 3. The summed E-state index contributed by atoms with van der Waals surface area (Å²) in [5.74, 6) is 1.05. The number of methoxy groups -OCH3 is 3. The monoisotopic (exact) mass is 398 g/mol. The summed E-state index contributed by atoms with van der Waals surface area (Å²) < 4.78 is 15.6. The van der Waals surface area contributed by atoms with E-state index in [4.69, 9.17) is 9.47 Å². The molecule has 0 radical (unpaired) electrons. The number of nitrogens with zero attached hydrogens (tertiary/aromatic N) is 1. The molecule has 7 nitrogen and oxygen atoms in total. The van der Waals surface area contributed by atoms with Crippen LogP contribution in [-0.4, -0.2) is 51.2 Å². The molecule has 1 heterocycles. The maximum absolute atomic E-state index is 12.6. The van der Waals surface area contributed by atoms with Crippen molar-refractivity contribution in [3.8, 4) is 11.5 Å². The first-order valence-electron chi connectivity index (χ1n) is 9.50. The molecule has 7 heteroatoms. The molecule has 1 N–H and O–H groups in total. The smallest absolute Gasteiger partial charge is 0.337 e. The maximum atomic E-state index is 12.6. The van der Waals surface area contributed by atoms with Crippen LogP contribution < -0.4 is 14.8 Å². The van der Waals surface area contributed by atoms with Crippen molar-refractivity contribution in [3.63, 3.8) is 0 Å². The number of amides is 1. The quantitative estimate of drug-likeness (QED) is 0.722. The Balaban J connectivity index is 1.68. The number of likely N-dealkylation sites (tertiary alicyclic amines) is 1. The van der Waals surface area contributed by atoms with E-state index in [0.717, 1.165) is 36.4 Å². The van der Waals surface area contributed by atoms with Crippen LogP contribution in [0.25, 0.3) is 0 Å². The second kappa shape index (κ2) is 9.43. The number of carbonyl (C=O) groups excluding carboxylic acids is 2. The lowest BCUT2D eigenvalue weighted by molar-refractivity contribution is -0.117. The summed E-state index contributed by atoms with van der Waals surface area (Å²) in [7, 11) is 4.62. The van der Waals surface area contributed by atoms with Gasteiger partial charge in [0.2, 0.25) is 5.91 Å². The van der Waals surface area contributed by atoms with Crippen molar-refractivity contribution in [2.45, 2.75) is 18.9 Å². The van der Waals surface area contributed by atoms with Crippen molar-refractivity contribution in [3.05, 3.63) is 53.6 Å². The number of carbonyl (C=O) groups is 2. The minimum Gasteiger partial charge on any atom is -0.497 e. The second-order valence-electron chi connectivity index (χ2n) is 6.85. The van der Waals surface area contributed by atoms with Gasteiger partial charge >= 0.3 is 5.97 Å². The Morgan fingerprint density at radius 1 is 1.07 bits per heavy atom. The Bertz CT molecular complexity index is 866. The molecule has 0 bridgehead atoms. The van der Waals surface area contributed by atoms with Crippen molar-refractivity contribution in [1.29, 1.82) is 0 Å². The van der Waals surface area contributed by atoms with Crippen LogP contribution in [-0.2, 0) is 9.53 Å². The zero-order chi connectivity index (χ0) is 20.8. The Kier molecular flexibility index (Phi) is 6.72. The van der Waals surface area contributed by atoms with E-state index in [-0.39, 0.29) is 18.5 Å². The van der Waals surface area contributed by atoms with Crippen molar-refractivity contribution in [2.24, 2.45) is 0 Å². The third-order valence-corrected chi connectivity index (χ3v) is 5.10. The van der Waals surface area contributed by atoms with Crippen molar-refractivity contribution < 1.29 is 23.8 Å². The predicted octanol–water partition coefficient (Wildman–Crippen LogP) is 3.27. The molecular weight excluding hydrogens is 372 g/mol. The Hall–Kier alpha value is -3.06. The van der Waals surface area contributed by atoms with E-state index in [9.17, 15) is 9.59 Å². The lowest BCUT2D eigenvalue weighted by atomic mass is 10.0. The number of rotatable bonds is 7. The fourth-order valence-corrected chi connectivity index (χ4v) is 3.66. The van der Waals surface area contributed by atoms with Crippen molar-refractivity contribution in [1.82, 2.24) is 4.90 Å². The van der Waals surface area contributed by atoms with Gasteiger partial charge in [-0.25, -0.2) is 4.79 Å². The Morgan fingerprint density at radius 3 is 2.48 bits per heavy atom. The molecule has 1 aliphatic rings. The van der Waals surface area contributed by atoms with Gasteiger partial charge in [0, 0.05) is 17.3 Å². The van der Waals surface area contributed by atoms with Gasteiger partial charge in [0.15, 0.2) is 0 Å². The molecule has 154 valence electrons. The summed E-state index contributed by atoms with van der Waals surface area (Å²) in [4.78, 5) is 26.3. The Morgan fingerprint density at radius 2 is 1.83 bits per heavy atom. The maximum Gasteiger partial charge on any atom is 0.337 e. The number of anilines is 1. The summed E-state index contributed by atoms with van der Waals surface area (Å²) in [5.41, 5.74) is 2.10. The van der Waals surface area contributed by atoms with Gasteiger partial charge in [-0.3, -0.25) is 9.69 Å². The number of nitrogens with one attached hydrogen (secondary N) is 1. The Labute approximate surface area is 170 Å². The fraction of sp³-hybridized carbons (Fsp3) is 0.364. The molecule has 2 aromatic rings. The van der Waals surface area contributed by atoms with Gasteiger partial charge in [-0.1, -0.05) is 0 Å². The van der Waals surface area contributed by atoms with E-state index in [1.165, 1.54) is 7.11 Å². The number of hydrogen-bond acceptors (Lipinski definition) is 6. The summed E-state index contributed by atoms with van der Waals surface area (Å²) in [6, 6.07) is 12.5. The lowest BCUT2D eigenvalue weighted by Gasteiger charge is -2.26. The van der Waals surface area contributed by atoms with Crippen molar-refractivity contribution >= 4 is 17.6 Å². The molecule has 0 spiro atoms. The van der Waals surface area contributed by atoms with E-state index < -0.39 is 5.97 Å². The zero-order valence-corrected chi connectivity index (χ0v) is 16.9. The van der Waals surface area contributed by atoms with Gasteiger partial charge < -0.3 is 19.5 Å². The van der Waals surface area contributed by atoms with E-state index in [0.29, 0.717) is 11.3 Å². The topological polar surface area (TPSA) is 77.1 Å². The molecule has 1 aliphatic heterocycles. The molecule has 1 saturated heterocycles. The summed E-state index contributed by atoms with van der Waals surface area (Å²) in [6.07, 6.45) is 1.96. The van der Waals surface area contributed by atoms with Crippen LogP contribution in [0, 0.1) is 0 Å². The molecule has 1 fully saturated rings. The highest BCUT2D eigenvalue weighted by molar-refractivity contribution is 5.94. The first-order chi connectivity index (χ1) is 14.0. The molecule has 29 heavy (non-hydrogen) atoms. The molecule has 2 aromatic carbocycles. The fourth-order valence-electron chi connectivity index (χ4n) is 3.66. The second-order valence-corrected chi connectivity index (χ2v) is 6.85. The van der Waals surface area contributed by atoms with Gasteiger partial charge in [-0.2, -0.15) is 0 Å². The summed E-state index contributed by atoms with van der Waals surface area (Å²) in [5, 5.41) is 2.89. The molecule has 1 amide bonds. The predicted molar refractivity (Wildman–Crippen MR) is 110 cm³/mol. The average Bonchev–Trinajstić information content (AvgIpc) is 3.20. The van der Waals surface area contributed by atoms with E-state index in [2.05, 4.69) is 15.0 Å². The number of esters is 1. The molecule has 1 atom stereocenters. The van der Waals surface area contributed by atoms with Crippen LogP contribution in [0.2, 0.25) is 0 Å². The largest absolute Gasteiger partial charge is 0.497 e. The van der Waals surface area contributed by atoms with E-state index in [1.54, 1.807) is 38.5 Å². The minimum atomic E-state index is -0.407. The average molecular weight is 398 g/mol. The van der Waals surface area contributed by atoms with Gasteiger partial charge in [-0.15, -0.1) is 0 Å². The normalized spacial score (nSPS) is 16.3. The number of hydrogen-bond donors (Lipinski definition) is 1. The third kappa shape index (κ3) is 4.86. The first kappa shape index (κ1) is 20.7. The van der Waals surface area contributed by atoms with Crippen molar-refractivity contribution in [2.75, 3.05) is 39.7 Å². The highest BCUT2D eigenvalue weighted by Crippen LogP contribution is 2.38. The van der Waals surface area contributed by atoms with Gasteiger partial charge in [0.05, 0.1) is 33.4 Å². The third-order valence-electron chi connectivity index (χ3n) is 5.10. The SMILES string of the molecule is COC(=O)c1ccc(NC(=O)CN2CCC[C@H]2c2cc(OC)ccc2OC)cc1.